The van der Waals surface area contributed by atoms with Gasteiger partial charge in [0.05, 0.1) is 12.0 Å². The minimum atomic E-state index is -0.830. The topological polar surface area (TPSA) is 57.6 Å². The van der Waals surface area contributed by atoms with Crippen molar-refractivity contribution in [3.8, 4) is 0 Å². The van der Waals surface area contributed by atoms with Gasteiger partial charge in [0.2, 0.25) is 5.91 Å². The Labute approximate surface area is 113 Å². The summed E-state index contributed by atoms with van der Waals surface area (Å²) in [6.07, 6.45) is 0.727. The third-order valence-corrected chi connectivity index (χ3v) is 3.76. The number of hydrogen-bond donors (Lipinski definition) is 1. The van der Waals surface area contributed by atoms with Crippen molar-refractivity contribution in [2.24, 2.45) is 5.92 Å². The molecule has 19 heavy (non-hydrogen) atoms. The van der Waals surface area contributed by atoms with Crippen molar-refractivity contribution in [1.29, 1.82) is 0 Å². The Morgan fingerprint density at radius 2 is 1.84 bits per heavy atom. The first-order valence-electron chi connectivity index (χ1n) is 6.47. The molecule has 1 N–H and O–H groups in total. The molecule has 2 unspecified atom stereocenters. The molecule has 1 aliphatic rings. The van der Waals surface area contributed by atoms with Gasteiger partial charge in [-0.05, 0) is 25.8 Å². The van der Waals surface area contributed by atoms with Crippen LogP contribution >= 0.6 is 0 Å². The van der Waals surface area contributed by atoms with Crippen molar-refractivity contribution < 1.29 is 14.7 Å². The molecule has 1 aromatic carbocycles. The molecule has 1 saturated heterocycles. The summed E-state index contributed by atoms with van der Waals surface area (Å²) in [6, 6.07) is 5.63. The van der Waals surface area contributed by atoms with E-state index < -0.39 is 11.9 Å². The Balaban J connectivity index is 2.46. The van der Waals surface area contributed by atoms with E-state index in [1.807, 2.05) is 32.0 Å². The number of amides is 1. The summed E-state index contributed by atoms with van der Waals surface area (Å²) in [6.45, 7) is 3.97. The fourth-order valence-electron chi connectivity index (χ4n) is 2.93. The van der Waals surface area contributed by atoms with Crippen molar-refractivity contribution in [3.63, 3.8) is 0 Å². The number of carboxylic acids is 1. The van der Waals surface area contributed by atoms with E-state index in [4.69, 9.17) is 0 Å². The van der Waals surface area contributed by atoms with E-state index in [1.54, 1.807) is 11.9 Å². The number of piperidine rings is 1. The highest BCUT2D eigenvalue weighted by Gasteiger charge is 2.38. The first-order valence-corrected chi connectivity index (χ1v) is 6.47. The summed E-state index contributed by atoms with van der Waals surface area (Å²) in [5, 5.41) is 9.37. The number of hydrogen-bond acceptors (Lipinski definition) is 2. The van der Waals surface area contributed by atoms with Crippen LogP contribution in [0.5, 0.6) is 0 Å². The second-order valence-corrected chi connectivity index (χ2v) is 5.35. The molecule has 4 nitrogen and oxygen atoms in total. The number of benzene rings is 1. The average molecular weight is 261 g/mol. The number of rotatable bonds is 2. The number of nitrogens with zero attached hydrogens (tertiary/aromatic N) is 1. The summed E-state index contributed by atoms with van der Waals surface area (Å²) in [4.78, 5) is 24.9. The molecule has 1 heterocycles. The molecule has 1 fully saturated rings. The monoisotopic (exact) mass is 261 g/mol. The number of aliphatic carboxylic acids is 1. The summed E-state index contributed by atoms with van der Waals surface area (Å²) in [5.41, 5.74) is 3.09. The largest absolute Gasteiger partial charge is 0.481 e. The molecule has 4 heteroatoms. The molecule has 102 valence electrons. The van der Waals surface area contributed by atoms with Crippen LogP contribution in [-0.4, -0.2) is 28.9 Å². The summed E-state index contributed by atoms with van der Waals surface area (Å²) >= 11 is 0. The van der Waals surface area contributed by atoms with Gasteiger partial charge in [0.15, 0.2) is 0 Å². The lowest BCUT2D eigenvalue weighted by Crippen LogP contribution is -2.43. The van der Waals surface area contributed by atoms with Crippen molar-refractivity contribution in [2.45, 2.75) is 32.7 Å². The third kappa shape index (κ3) is 2.62. The fourth-order valence-corrected chi connectivity index (χ4v) is 2.93. The van der Waals surface area contributed by atoms with Crippen molar-refractivity contribution in [1.82, 2.24) is 4.90 Å². The van der Waals surface area contributed by atoms with Gasteiger partial charge in [0.25, 0.3) is 0 Å². The van der Waals surface area contributed by atoms with Gasteiger partial charge in [-0.2, -0.15) is 0 Å². The molecular weight excluding hydrogens is 242 g/mol. The summed E-state index contributed by atoms with van der Waals surface area (Å²) in [5.74, 6) is -1.34. The van der Waals surface area contributed by atoms with E-state index in [0.717, 1.165) is 16.7 Å². The highest BCUT2D eigenvalue weighted by atomic mass is 16.4. The summed E-state index contributed by atoms with van der Waals surface area (Å²) in [7, 11) is 1.69. The van der Waals surface area contributed by atoms with Crippen LogP contribution in [-0.2, 0) is 9.59 Å². The molecule has 0 saturated carbocycles. The van der Waals surface area contributed by atoms with Gasteiger partial charge in [-0.1, -0.05) is 29.3 Å². The molecule has 0 aliphatic carbocycles. The molecule has 0 radical (unpaired) electrons. The van der Waals surface area contributed by atoms with Gasteiger partial charge in [0.1, 0.15) is 0 Å². The molecule has 2 rings (SSSR count). The maximum atomic E-state index is 11.8. The zero-order valence-corrected chi connectivity index (χ0v) is 11.5. The van der Waals surface area contributed by atoms with Gasteiger partial charge in [-0.15, -0.1) is 0 Å². The first-order chi connectivity index (χ1) is 8.90. The van der Waals surface area contributed by atoms with Crippen molar-refractivity contribution in [2.75, 3.05) is 7.05 Å². The van der Waals surface area contributed by atoms with Crippen LogP contribution < -0.4 is 0 Å². The predicted octanol–water partition coefficient (Wildman–Crippen LogP) is 2.30. The van der Waals surface area contributed by atoms with Crippen molar-refractivity contribution in [3.05, 3.63) is 34.9 Å². The van der Waals surface area contributed by atoms with Crippen molar-refractivity contribution >= 4 is 11.9 Å². The van der Waals surface area contributed by atoms with Crippen LogP contribution in [0.15, 0.2) is 18.2 Å². The van der Waals surface area contributed by atoms with E-state index in [9.17, 15) is 14.7 Å². The van der Waals surface area contributed by atoms with E-state index in [1.165, 1.54) is 0 Å². The number of carboxylic acid groups (broad SMARTS) is 1. The SMILES string of the molecule is Cc1cc(C)cc(C2C(C(=O)O)CCC(=O)N2C)c1. The smallest absolute Gasteiger partial charge is 0.308 e. The van der Waals surface area contributed by atoms with E-state index in [-0.39, 0.29) is 11.9 Å². The van der Waals surface area contributed by atoms with Gasteiger partial charge in [-0.25, -0.2) is 0 Å². The number of aryl methyl sites for hydroxylation is 2. The highest BCUT2D eigenvalue weighted by molar-refractivity contribution is 5.81. The third-order valence-electron chi connectivity index (χ3n) is 3.76. The van der Waals surface area contributed by atoms with Crippen LogP contribution in [0.3, 0.4) is 0 Å². The summed E-state index contributed by atoms with van der Waals surface area (Å²) < 4.78 is 0. The fraction of sp³-hybridized carbons (Fsp3) is 0.467. The maximum Gasteiger partial charge on any atom is 0.308 e. The molecule has 0 bridgehead atoms. The van der Waals surface area contributed by atoms with Crippen LogP contribution in [0.2, 0.25) is 0 Å². The lowest BCUT2D eigenvalue weighted by molar-refractivity contribution is -0.150. The molecule has 2 atom stereocenters. The quantitative estimate of drug-likeness (QED) is 0.888. The van der Waals surface area contributed by atoms with Gasteiger partial charge < -0.3 is 10.0 Å². The van der Waals surface area contributed by atoms with Crippen LogP contribution in [0, 0.1) is 19.8 Å². The van der Waals surface area contributed by atoms with E-state index in [2.05, 4.69) is 0 Å². The Hall–Kier alpha value is -1.84. The lowest BCUT2D eigenvalue weighted by Gasteiger charge is -2.37. The predicted molar refractivity (Wildman–Crippen MR) is 71.8 cm³/mol. The van der Waals surface area contributed by atoms with E-state index in [0.29, 0.717) is 12.8 Å². The van der Waals surface area contributed by atoms with E-state index >= 15 is 0 Å². The number of carbonyl (C=O) groups excluding carboxylic acids is 1. The molecule has 0 spiro atoms. The van der Waals surface area contributed by atoms with Gasteiger partial charge in [-0.3, -0.25) is 9.59 Å². The Morgan fingerprint density at radius 3 is 2.37 bits per heavy atom. The molecule has 1 aliphatic heterocycles. The zero-order chi connectivity index (χ0) is 14.2. The number of likely N-dealkylation sites (tertiary alicyclic amines) is 1. The normalized spacial score (nSPS) is 23.5. The molecule has 0 aromatic heterocycles. The molecule has 1 amide bonds. The van der Waals surface area contributed by atoms with Gasteiger partial charge >= 0.3 is 5.97 Å². The first kappa shape index (κ1) is 13.6. The lowest BCUT2D eigenvalue weighted by atomic mass is 9.84. The minimum absolute atomic E-state index is 0.0154. The molecular formula is C15H19NO3. The van der Waals surface area contributed by atoms with Crippen LogP contribution in [0.4, 0.5) is 0 Å². The van der Waals surface area contributed by atoms with Crippen LogP contribution in [0.25, 0.3) is 0 Å². The standard InChI is InChI=1S/C15H19NO3/c1-9-6-10(2)8-11(7-9)14-12(15(18)19)4-5-13(17)16(14)3/h6-8,12,14H,4-5H2,1-3H3,(H,18,19). The molecule has 1 aromatic rings. The average Bonchev–Trinajstić information content (AvgIpc) is 2.30. The Morgan fingerprint density at radius 1 is 1.26 bits per heavy atom. The Kier molecular flexibility index (Phi) is 3.60. The minimum Gasteiger partial charge on any atom is -0.481 e. The van der Waals surface area contributed by atoms with Crippen LogP contribution in [0.1, 0.15) is 35.6 Å². The second-order valence-electron chi connectivity index (χ2n) is 5.35. The number of carbonyl (C=O) groups is 2. The highest BCUT2D eigenvalue weighted by Crippen LogP contribution is 2.36. The zero-order valence-electron chi connectivity index (χ0n) is 11.5. The maximum absolute atomic E-state index is 11.8. The Bertz CT molecular complexity index is 504. The van der Waals surface area contributed by atoms with Gasteiger partial charge in [0, 0.05) is 13.5 Å². The second kappa shape index (κ2) is 5.03.